The van der Waals surface area contributed by atoms with Crippen LogP contribution in [0.3, 0.4) is 0 Å². The van der Waals surface area contributed by atoms with E-state index in [0.717, 1.165) is 40.3 Å². The second kappa shape index (κ2) is 5.14. The molecule has 2 rings (SSSR count). The van der Waals surface area contributed by atoms with Crippen LogP contribution in [0.2, 0.25) is 0 Å². The molecule has 0 fully saturated rings. The van der Waals surface area contributed by atoms with Crippen molar-refractivity contribution in [1.29, 1.82) is 0 Å². The van der Waals surface area contributed by atoms with E-state index in [1.807, 2.05) is 0 Å². The van der Waals surface area contributed by atoms with Crippen LogP contribution in [0.5, 0.6) is 0 Å². The highest BCUT2D eigenvalue weighted by Crippen LogP contribution is 2.33. The number of anilines is 1. The Hall–Kier alpha value is -1.29. The van der Waals surface area contributed by atoms with Crippen LogP contribution in [-0.2, 0) is 13.0 Å². The van der Waals surface area contributed by atoms with E-state index in [0.29, 0.717) is 0 Å². The monoisotopic (exact) mass is 307 g/mol. The molecule has 2 aromatic rings. The highest BCUT2D eigenvalue weighted by Gasteiger charge is 2.15. The lowest BCUT2D eigenvalue weighted by Gasteiger charge is -2.06. The van der Waals surface area contributed by atoms with Crippen molar-refractivity contribution in [2.45, 2.75) is 33.7 Å². The van der Waals surface area contributed by atoms with Gasteiger partial charge in [-0.15, -0.1) is 0 Å². The van der Waals surface area contributed by atoms with Crippen LogP contribution in [0.25, 0.3) is 11.3 Å². The van der Waals surface area contributed by atoms with E-state index in [2.05, 4.69) is 64.5 Å². The summed E-state index contributed by atoms with van der Waals surface area (Å²) < 4.78 is 3.11. The van der Waals surface area contributed by atoms with Crippen LogP contribution in [0.4, 0.5) is 5.82 Å². The molecule has 1 aromatic carbocycles. The van der Waals surface area contributed by atoms with E-state index in [1.165, 1.54) is 5.56 Å². The number of benzene rings is 1. The van der Waals surface area contributed by atoms with E-state index in [4.69, 9.17) is 5.73 Å². The Kier molecular flexibility index (Phi) is 3.76. The Labute approximate surface area is 116 Å². The first-order valence-electron chi connectivity index (χ1n) is 6.19. The molecule has 0 aliphatic carbocycles. The summed E-state index contributed by atoms with van der Waals surface area (Å²) in [6, 6.07) is 6.24. The summed E-state index contributed by atoms with van der Waals surface area (Å²) in [5.41, 5.74) is 9.36. The van der Waals surface area contributed by atoms with Gasteiger partial charge in [0.05, 0.1) is 0 Å². The fourth-order valence-corrected chi connectivity index (χ4v) is 2.83. The molecule has 0 saturated heterocycles. The van der Waals surface area contributed by atoms with Crippen molar-refractivity contribution in [3.8, 4) is 11.3 Å². The highest BCUT2D eigenvalue weighted by molar-refractivity contribution is 9.10. The maximum atomic E-state index is 6.21. The Bertz CT molecular complexity index is 573. The molecule has 0 atom stereocenters. The molecule has 0 unspecified atom stereocenters. The molecule has 3 nitrogen and oxygen atoms in total. The summed E-state index contributed by atoms with van der Waals surface area (Å²) in [7, 11) is 0. The molecular weight excluding hydrogens is 290 g/mol. The number of nitrogens with two attached hydrogens (primary N) is 1. The van der Waals surface area contributed by atoms with E-state index >= 15 is 0 Å². The lowest BCUT2D eigenvalue weighted by atomic mass is 10.1. The van der Waals surface area contributed by atoms with Crippen LogP contribution in [0.1, 0.15) is 25.2 Å². The molecule has 1 aromatic heterocycles. The second-order valence-electron chi connectivity index (χ2n) is 4.34. The summed E-state index contributed by atoms with van der Waals surface area (Å²) in [6.45, 7) is 7.11. The summed E-state index contributed by atoms with van der Waals surface area (Å²) >= 11 is 3.59. The van der Waals surface area contributed by atoms with Gasteiger partial charge in [-0.05, 0) is 25.5 Å². The third-order valence-corrected chi connectivity index (χ3v) is 3.75. The van der Waals surface area contributed by atoms with Crippen molar-refractivity contribution in [3.05, 3.63) is 34.1 Å². The Morgan fingerprint density at radius 1 is 1.33 bits per heavy atom. The minimum atomic E-state index is 0.749. The second-order valence-corrected chi connectivity index (χ2v) is 5.20. The van der Waals surface area contributed by atoms with Gasteiger partial charge in [0.25, 0.3) is 0 Å². The Morgan fingerprint density at radius 3 is 2.56 bits per heavy atom. The molecule has 4 heteroatoms. The molecule has 0 radical (unpaired) electrons. The van der Waals surface area contributed by atoms with E-state index < -0.39 is 0 Å². The first kappa shape index (κ1) is 13.1. The van der Waals surface area contributed by atoms with Crippen molar-refractivity contribution < 1.29 is 0 Å². The van der Waals surface area contributed by atoms with Gasteiger partial charge < -0.3 is 10.3 Å². The number of nitrogens with zero attached hydrogens (tertiary/aromatic N) is 2. The SMILES string of the molecule is CCc1nc(-c2ccc(C)cc2Br)c(N)n1CC. The summed E-state index contributed by atoms with van der Waals surface area (Å²) in [5, 5.41) is 0. The standard InChI is InChI=1S/C14H18BrN3/c1-4-12-17-13(14(16)18(12)5-2)10-7-6-9(3)8-11(10)15/h6-8H,4-5,16H2,1-3H3. The molecule has 0 aliphatic heterocycles. The molecule has 0 bridgehead atoms. The number of aryl methyl sites for hydroxylation is 2. The fraction of sp³-hybridized carbons (Fsp3) is 0.357. The maximum absolute atomic E-state index is 6.21. The van der Waals surface area contributed by atoms with Gasteiger partial charge in [0.2, 0.25) is 0 Å². The van der Waals surface area contributed by atoms with Gasteiger partial charge in [0, 0.05) is 23.0 Å². The zero-order valence-electron chi connectivity index (χ0n) is 11.0. The minimum Gasteiger partial charge on any atom is -0.383 e. The molecule has 96 valence electrons. The van der Waals surface area contributed by atoms with Gasteiger partial charge in [-0.3, -0.25) is 0 Å². The first-order valence-corrected chi connectivity index (χ1v) is 6.99. The van der Waals surface area contributed by atoms with Gasteiger partial charge in [-0.25, -0.2) is 4.98 Å². The zero-order valence-corrected chi connectivity index (χ0v) is 12.6. The van der Waals surface area contributed by atoms with Crippen molar-refractivity contribution in [1.82, 2.24) is 9.55 Å². The largest absolute Gasteiger partial charge is 0.383 e. The van der Waals surface area contributed by atoms with Crippen LogP contribution >= 0.6 is 15.9 Å². The van der Waals surface area contributed by atoms with Gasteiger partial charge >= 0.3 is 0 Å². The van der Waals surface area contributed by atoms with Crippen LogP contribution in [0, 0.1) is 6.92 Å². The quantitative estimate of drug-likeness (QED) is 0.937. The number of rotatable bonds is 3. The minimum absolute atomic E-state index is 0.749. The third kappa shape index (κ3) is 2.17. The van der Waals surface area contributed by atoms with E-state index in [1.54, 1.807) is 0 Å². The summed E-state index contributed by atoms with van der Waals surface area (Å²) in [4.78, 5) is 4.67. The molecule has 18 heavy (non-hydrogen) atoms. The van der Waals surface area contributed by atoms with Crippen LogP contribution in [-0.4, -0.2) is 9.55 Å². The van der Waals surface area contributed by atoms with E-state index in [9.17, 15) is 0 Å². The van der Waals surface area contributed by atoms with Gasteiger partial charge in [-0.2, -0.15) is 0 Å². The third-order valence-electron chi connectivity index (χ3n) is 3.10. The van der Waals surface area contributed by atoms with Gasteiger partial charge in [0.15, 0.2) is 0 Å². The van der Waals surface area contributed by atoms with Crippen molar-refractivity contribution in [3.63, 3.8) is 0 Å². The zero-order chi connectivity index (χ0) is 13.3. The van der Waals surface area contributed by atoms with Crippen molar-refractivity contribution in [2.75, 3.05) is 5.73 Å². The topological polar surface area (TPSA) is 43.8 Å². The number of imidazole rings is 1. The number of aromatic nitrogens is 2. The number of hydrogen-bond acceptors (Lipinski definition) is 2. The van der Waals surface area contributed by atoms with Gasteiger partial charge in [-0.1, -0.05) is 35.0 Å². The molecule has 0 amide bonds. The molecular formula is C14H18BrN3. The smallest absolute Gasteiger partial charge is 0.131 e. The lowest BCUT2D eigenvalue weighted by molar-refractivity contribution is 0.713. The number of hydrogen-bond donors (Lipinski definition) is 1. The molecule has 0 saturated carbocycles. The molecule has 0 aliphatic rings. The Morgan fingerprint density at radius 2 is 2.06 bits per heavy atom. The van der Waals surface area contributed by atoms with E-state index in [-0.39, 0.29) is 0 Å². The van der Waals surface area contributed by atoms with Crippen molar-refractivity contribution >= 4 is 21.7 Å². The highest BCUT2D eigenvalue weighted by atomic mass is 79.9. The predicted molar refractivity (Wildman–Crippen MR) is 79.6 cm³/mol. The molecule has 0 spiro atoms. The average Bonchev–Trinajstić information content (AvgIpc) is 2.66. The Balaban J connectivity index is 2.60. The van der Waals surface area contributed by atoms with Gasteiger partial charge in [0.1, 0.15) is 17.3 Å². The maximum Gasteiger partial charge on any atom is 0.131 e. The normalized spacial score (nSPS) is 10.9. The molecule has 1 heterocycles. The summed E-state index contributed by atoms with van der Waals surface area (Å²) in [5.74, 6) is 1.79. The fourth-order valence-electron chi connectivity index (χ4n) is 2.15. The lowest BCUT2D eigenvalue weighted by Crippen LogP contribution is -2.04. The van der Waals surface area contributed by atoms with Crippen LogP contribution < -0.4 is 5.73 Å². The van der Waals surface area contributed by atoms with Crippen molar-refractivity contribution in [2.24, 2.45) is 0 Å². The van der Waals surface area contributed by atoms with Crippen LogP contribution in [0.15, 0.2) is 22.7 Å². The molecule has 2 N–H and O–H groups in total. The number of nitrogen functional groups attached to an aromatic ring is 1. The summed E-state index contributed by atoms with van der Waals surface area (Å²) in [6.07, 6.45) is 0.890. The first-order chi connectivity index (χ1) is 8.58. The number of halogens is 1. The predicted octanol–water partition coefficient (Wildman–Crippen LogP) is 3.79. The average molecular weight is 308 g/mol.